The van der Waals surface area contributed by atoms with Crippen molar-refractivity contribution in [1.29, 1.82) is 0 Å². The molecule has 1 rings (SSSR count). The van der Waals surface area contributed by atoms with E-state index in [-0.39, 0.29) is 24.0 Å². The molecule has 0 aliphatic heterocycles. The molecular formula is C17H36IN7. The van der Waals surface area contributed by atoms with Crippen molar-refractivity contribution in [1.82, 2.24) is 30.3 Å². The van der Waals surface area contributed by atoms with E-state index in [9.17, 15) is 0 Å². The number of halogens is 1. The van der Waals surface area contributed by atoms with Crippen LogP contribution in [0, 0.1) is 0 Å². The predicted molar refractivity (Wildman–Crippen MR) is 116 cm³/mol. The number of aromatic nitrogens is 3. The van der Waals surface area contributed by atoms with Gasteiger partial charge in [-0.15, -0.1) is 34.2 Å². The summed E-state index contributed by atoms with van der Waals surface area (Å²) in [5.41, 5.74) is 0. The van der Waals surface area contributed by atoms with Crippen LogP contribution in [0.2, 0.25) is 0 Å². The first-order valence-electron chi connectivity index (χ1n) is 9.15. The average Bonchev–Trinajstić information content (AvgIpc) is 3.03. The Bertz CT molecular complexity index is 438. The highest BCUT2D eigenvalue weighted by Gasteiger charge is 2.12. The molecule has 146 valence electrons. The largest absolute Gasteiger partial charge is 0.357 e. The zero-order chi connectivity index (χ0) is 17.8. The van der Waals surface area contributed by atoms with Crippen LogP contribution in [0.5, 0.6) is 0 Å². The van der Waals surface area contributed by atoms with Gasteiger partial charge in [-0.1, -0.05) is 0 Å². The monoisotopic (exact) mass is 465 g/mol. The Morgan fingerprint density at radius 3 is 2.28 bits per heavy atom. The predicted octanol–water partition coefficient (Wildman–Crippen LogP) is 2.35. The van der Waals surface area contributed by atoms with Gasteiger partial charge in [-0.2, -0.15) is 0 Å². The van der Waals surface area contributed by atoms with Crippen LogP contribution in [0.1, 0.15) is 47.5 Å². The molecule has 0 radical (unpaired) electrons. The van der Waals surface area contributed by atoms with Gasteiger partial charge >= 0.3 is 0 Å². The Labute approximate surface area is 170 Å². The molecule has 0 saturated carbocycles. The molecule has 0 fully saturated rings. The summed E-state index contributed by atoms with van der Waals surface area (Å²) in [6.07, 6.45) is 5.64. The Morgan fingerprint density at radius 1 is 1.08 bits per heavy atom. The minimum Gasteiger partial charge on any atom is -0.357 e. The maximum atomic E-state index is 4.65. The van der Waals surface area contributed by atoms with Crippen molar-refractivity contribution in [3.8, 4) is 0 Å². The fourth-order valence-corrected chi connectivity index (χ4v) is 2.69. The third kappa shape index (κ3) is 10.6. The van der Waals surface area contributed by atoms with Crippen LogP contribution in [0.4, 0.5) is 0 Å². The highest BCUT2D eigenvalue weighted by atomic mass is 127. The number of nitrogens with one attached hydrogen (secondary N) is 2. The molecule has 0 aliphatic carbocycles. The van der Waals surface area contributed by atoms with E-state index in [1.54, 1.807) is 12.7 Å². The molecule has 1 aromatic heterocycles. The maximum Gasteiger partial charge on any atom is 0.191 e. The van der Waals surface area contributed by atoms with E-state index < -0.39 is 0 Å². The minimum absolute atomic E-state index is 0. The first kappa shape index (κ1) is 24.1. The molecule has 7 nitrogen and oxygen atoms in total. The smallest absolute Gasteiger partial charge is 0.191 e. The van der Waals surface area contributed by atoms with Crippen molar-refractivity contribution in [3.05, 3.63) is 12.7 Å². The minimum atomic E-state index is 0. The second-order valence-corrected chi connectivity index (χ2v) is 6.52. The molecule has 0 spiro atoms. The molecule has 0 saturated heterocycles. The standard InChI is InChI=1S/C17H35N7.HI/c1-6-18-17(20-10-12-24(15(2)3)16(4)5)19-9-7-8-11-23-13-21-22-14-23;/h13-16H,6-12H2,1-5H3,(H2,18,19,20);1H. The van der Waals surface area contributed by atoms with Gasteiger partial charge in [0.15, 0.2) is 5.96 Å². The second kappa shape index (κ2) is 14.3. The van der Waals surface area contributed by atoms with Crippen molar-refractivity contribution >= 4 is 29.9 Å². The lowest BCUT2D eigenvalue weighted by molar-refractivity contribution is 0.178. The number of hydrogen-bond acceptors (Lipinski definition) is 4. The molecule has 0 bridgehead atoms. The van der Waals surface area contributed by atoms with Crippen molar-refractivity contribution < 1.29 is 0 Å². The molecule has 8 heteroatoms. The normalized spacial score (nSPS) is 11.9. The molecule has 2 N–H and O–H groups in total. The summed E-state index contributed by atoms with van der Waals surface area (Å²) in [6.45, 7) is 15.7. The molecule has 0 aliphatic rings. The highest BCUT2D eigenvalue weighted by molar-refractivity contribution is 14.0. The number of hydrogen-bond donors (Lipinski definition) is 2. The number of aliphatic imine (C=N–C) groups is 1. The summed E-state index contributed by atoms with van der Waals surface area (Å²) in [4.78, 5) is 7.14. The lowest BCUT2D eigenvalue weighted by Crippen LogP contribution is -2.45. The summed E-state index contributed by atoms with van der Waals surface area (Å²) in [5.74, 6) is 0.911. The SMILES string of the molecule is CCNC(=NCCCCn1cnnc1)NCCN(C(C)C)C(C)C.I. The second-order valence-electron chi connectivity index (χ2n) is 6.52. The fourth-order valence-electron chi connectivity index (χ4n) is 2.69. The van der Waals surface area contributed by atoms with Crippen molar-refractivity contribution in [2.24, 2.45) is 4.99 Å². The van der Waals surface area contributed by atoms with E-state index in [0.29, 0.717) is 12.1 Å². The fraction of sp³-hybridized carbons (Fsp3) is 0.824. The molecule has 0 unspecified atom stereocenters. The number of aryl methyl sites for hydroxylation is 1. The van der Waals surface area contributed by atoms with E-state index >= 15 is 0 Å². The van der Waals surface area contributed by atoms with Crippen molar-refractivity contribution in [2.45, 2.75) is 66.1 Å². The molecular weight excluding hydrogens is 429 g/mol. The molecule has 1 heterocycles. The van der Waals surface area contributed by atoms with Gasteiger partial charge in [0.05, 0.1) is 0 Å². The average molecular weight is 465 g/mol. The van der Waals surface area contributed by atoms with Gasteiger partial charge in [0, 0.05) is 44.8 Å². The van der Waals surface area contributed by atoms with Crippen LogP contribution >= 0.6 is 24.0 Å². The van der Waals surface area contributed by atoms with E-state index in [1.165, 1.54) is 0 Å². The van der Waals surface area contributed by atoms with Gasteiger partial charge in [-0.3, -0.25) is 9.89 Å². The van der Waals surface area contributed by atoms with Gasteiger partial charge in [0.2, 0.25) is 0 Å². The van der Waals surface area contributed by atoms with Crippen LogP contribution in [0.25, 0.3) is 0 Å². The van der Waals surface area contributed by atoms with Crippen LogP contribution in [-0.2, 0) is 6.54 Å². The molecule has 0 amide bonds. The number of unbranched alkanes of at least 4 members (excludes halogenated alkanes) is 1. The number of rotatable bonds is 11. The lowest BCUT2D eigenvalue weighted by atomic mass is 10.2. The Hall–Kier alpha value is -0.900. The molecule has 1 aromatic rings. The summed E-state index contributed by atoms with van der Waals surface area (Å²) >= 11 is 0. The molecule has 25 heavy (non-hydrogen) atoms. The summed E-state index contributed by atoms with van der Waals surface area (Å²) in [7, 11) is 0. The Balaban J connectivity index is 0.00000576. The van der Waals surface area contributed by atoms with E-state index in [0.717, 1.165) is 51.5 Å². The third-order valence-electron chi connectivity index (χ3n) is 3.89. The molecule has 0 atom stereocenters. The zero-order valence-electron chi connectivity index (χ0n) is 16.4. The highest BCUT2D eigenvalue weighted by Crippen LogP contribution is 2.03. The van der Waals surface area contributed by atoms with Crippen LogP contribution in [0.15, 0.2) is 17.6 Å². The quantitative estimate of drug-likeness (QED) is 0.227. The first-order chi connectivity index (χ1) is 11.5. The Morgan fingerprint density at radius 2 is 1.72 bits per heavy atom. The topological polar surface area (TPSA) is 70.4 Å². The number of nitrogens with zero attached hydrogens (tertiary/aromatic N) is 5. The van der Waals surface area contributed by atoms with Crippen LogP contribution in [-0.4, -0.2) is 63.9 Å². The molecule has 0 aromatic carbocycles. The van der Waals surface area contributed by atoms with Gasteiger partial charge in [0.1, 0.15) is 12.7 Å². The summed E-state index contributed by atoms with van der Waals surface area (Å²) in [5, 5.41) is 14.4. The van der Waals surface area contributed by atoms with Gasteiger partial charge < -0.3 is 15.2 Å². The first-order valence-corrected chi connectivity index (χ1v) is 9.15. The van der Waals surface area contributed by atoms with Crippen LogP contribution in [0.3, 0.4) is 0 Å². The Kier molecular flexibility index (Phi) is 13.8. The van der Waals surface area contributed by atoms with E-state index in [2.05, 4.69) is 65.3 Å². The zero-order valence-corrected chi connectivity index (χ0v) is 18.7. The summed E-state index contributed by atoms with van der Waals surface area (Å²) < 4.78 is 2.00. The van der Waals surface area contributed by atoms with Gasteiger partial charge in [-0.25, -0.2) is 0 Å². The van der Waals surface area contributed by atoms with Crippen molar-refractivity contribution in [3.63, 3.8) is 0 Å². The lowest BCUT2D eigenvalue weighted by Gasteiger charge is -2.30. The van der Waals surface area contributed by atoms with E-state index in [1.807, 2.05) is 4.57 Å². The van der Waals surface area contributed by atoms with Crippen LogP contribution < -0.4 is 10.6 Å². The number of guanidine groups is 1. The van der Waals surface area contributed by atoms with Crippen molar-refractivity contribution in [2.75, 3.05) is 26.2 Å². The summed E-state index contributed by atoms with van der Waals surface area (Å²) in [6, 6.07) is 1.12. The third-order valence-corrected chi connectivity index (χ3v) is 3.89. The maximum absolute atomic E-state index is 4.65. The van der Waals surface area contributed by atoms with Gasteiger partial charge in [0.25, 0.3) is 0 Å². The van der Waals surface area contributed by atoms with Gasteiger partial charge in [-0.05, 0) is 47.5 Å². The van der Waals surface area contributed by atoms with E-state index in [4.69, 9.17) is 0 Å².